The van der Waals surface area contributed by atoms with Crippen LogP contribution in [-0.2, 0) is 0 Å². The molecule has 0 aliphatic heterocycles. The lowest BCUT2D eigenvalue weighted by Gasteiger charge is -2.26. The quantitative estimate of drug-likeness (QED) is 0.714. The molecule has 1 fully saturated rings. The summed E-state index contributed by atoms with van der Waals surface area (Å²) in [5, 5.41) is 0. The van der Waals surface area contributed by atoms with Crippen LogP contribution in [0.25, 0.3) is 0 Å². The van der Waals surface area contributed by atoms with Gasteiger partial charge in [0, 0.05) is 5.54 Å². The Kier molecular flexibility index (Phi) is 4.43. The molecule has 0 bridgehead atoms. The monoisotopic (exact) mass is 197 g/mol. The summed E-state index contributed by atoms with van der Waals surface area (Å²) in [6.45, 7) is 6.85. The van der Waals surface area contributed by atoms with Gasteiger partial charge in [-0.05, 0) is 37.5 Å². The molecule has 84 valence electrons. The van der Waals surface area contributed by atoms with Crippen molar-refractivity contribution in [2.45, 2.75) is 71.3 Å². The van der Waals surface area contributed by atoms with Crippen molar-refractivity contribution < 1.29 is 0 Å². The third-order valence-electron chi connectivity index (χ3n) is 3.53. The zero-order valence-corrected chi connectivity index (χ0v) is 10.2. The minimum Gasteiger partial charge on any atom is -0.325 e. The highest BCUT2D eigenvalue weighted by atomic mass is 14.8. The molecule has 0 spiro atoms. The fourth-order valence-corrected chi connectivity index (χ4v) is 3.01. The van der Waals surface area contributed by atoms with Gasteiger partial charge < -0.3 is 5.73 Å². The van der Waals surface area contributed by atoms with Gasteiger partial charge in [0.15, 0.2) is 0 Å². The van der Waals surface area contributed by atoms with Crippen molar-refractivity contribution in [3.8, 4) is 0 Å². The molecular formula is C13H27N. The Hall–Kier alpha value is -0.0400. The first-order valence-electron chi connectivity index (χ1n) is 6.34. The molecule has 0 aromatic heterocycles. The zero-order valence-electron chi connectivity index (χ0n) is 10.2. The van der Waals surface area contributed by atoms with E-state index in [1.54, 1.807) is 0 Å². The van der Waals surface area contributed by atoms with Gasteiger partial charge in [-0.15, -0.1) is 0 Å². The molecule has 0 radical (unpaired) electrons. The predicted molar refractivity (Wildman–Crippen MR) is 63.2 cm³/mol. The summed E-state index contributed by atoms with van der Waals surface area (Å²) in [5.41, 5.74) is 6.61. The molecule has 1 rings (SSSR count). The summed E-state index contributed by atoms with van der Waals surface area (Å²) in [6, 6.07) is 0. The Morgan fingerprint density at radius 1 is 1.43 bits per heavy atom. The van der Waals surface area contributed by atoms with Gasteiger partial charge in [-0.1, -0.05) is 40.0 Å². The summed E-state index contributed by atoms with van der Waals surface area (Å²) in [7, 11) is 0. The normalized spacial score (nSPS) is 32.8. The SMILES string of the molecule is CCCCC1CCC(N)(CC(C)C)C1. The van der Waals surface area contributed by atoms with Gasteiger partial charge in [0.25, 0.3) is 0 Å². The van der Waals surface area contributed by atoms with E-state index in [-0.39, 0.29) is 5.54 Å². The number of unbranched alkanes of at least 4 members (excludes halogenated alkanes) is 1. The molecule has 0 heterocycles. The maximum Gasteiger partial charge on any atom is 0.0159 e. The van der Waals surface area contributed by atoms with Crippen molar-refractivity contribution in [3.05, 3.63) is 0 Å². The number of rotatable bonds is 5. The molecule has 1 nitrogen and oxygen atoms in total. The van der Waals surface area contributed by atoms with E-state index in [2.05, 4.69) is 20.8 Å². The van der Waals surface area contributed by atoms with Crippen molar-refractivity contribution in [1.29, 1.82) is 0 Å². The predicted octanol–water partition coefficient (Wildman–Crippen LogP) is 3.72. The van der Waals surface area contributed by atoms with Gasteiger partial charge in [0.2, 0.25) is 0 Å². The maximum atomic E-state index is 6.42. The lowest BCUT2D eigenvalue weighted by atomic mass is 9.87. The summed E-state index contributed by atoms with van der Waals surface area (Å²) in [4.78, 5) is 0. The lowest BCUT2D eigenvalue weighted by molar-refractivity contribution is 0.331. The van der Waals surface area contributed by atoms with Crippen LogP contribution in [0.2, 0.25) is 0 Å². The second kappa shape index (κ2) is 5.16. The van der Waals surface area contributed by atoms with Crippen LogP contribution in [-0.4, -0.2) is 5.54 Å². The largest absolute Gasteiger partial charge is 0.325 e. The van der Waals surface area contributed by atoms with Crippen molar-refractivity contribution >= 4 is 0 Å². The van der Waals surface area contributed by atoms with Crippen LogP contribution in [0.3, 0.4) is 0 Å². The van der Waals surface area contributed by atoms with E-state index in [9.17, 15) is 0 Å². The molecule has 2 N–H and O–H groups in total. The number of hydrogen-bond donors (Lipinski definition) is 1. The molecule has 14 heavy (non-hydrogen) atoms. The summed E-state index contributed by atoms with van der Waals surface area (Å²) in [6.07, 6.45) is 9.28. The van der Waals surface area contributed by atoms with E-state index < -0.39 is 0 Å². The first-order chi connectivity index (χ1) is 6.56. The summed E-state index contributed by atoms with van der Waals surface area (Å²) >= 11 is 0. The molecule has 1 saturated carbocycles. The third kappa shape index (κ3) is 3.61. The van der Waals surface area contributed by atoms with Crippen molar-refractivity contribution in [2.24, 2.45) is 17.6 Å². The molecule has 2 unspecified atom stereocenters. The van der Waals surface area contributed by atoms with E-state index in [1.807, 2.05) is 0 Å². The first kappa shape index (κ1) is 12.0. The lowest BCUT2D eigenvalue weighted by Crippen LogP contribution is -2.38. The minimum atomic E-state index is 0.187. The van der Waals surface area contributed by atoms with Gasteiger partial charge in [-0.25, -0.2) is 0 Å². The number of hydrogen-bond acceptors (Lipinski definition) is 1. The standard InChI is InChI=1S/C13H27N/c1-4-5-6-12-7-8-13(14,10-12)9-11(2)3/h11-12H,4-10,14H2,1-3H3. The fraction of sp³-hybridized carbons (Fsp3) is 1.00. The van der Waals surface area contributed by atoms with E-state index in [4.69, 9.17) is 5.73 Å². The van der Waals surface area contributed by atoms with E-state index >= 15 is 0 Å². The van der Waals surface area contributed by atoms with Crippen molar-refractivity contribution in [2.75, 3.05) is 0 Å². The van der Waals surface area contributed by atoms with Crippen LogP contribution in [0.1, 0.15) is 65.7 Å². The number of nitrogens with two attached hydrogens (primary N) is 1. The molecule has 0 saturated heterocycles. The van der Waals surface area contributed by atoms with Crippen LogP contribution >= 0.6 is 0 Å². The minimum absolute atomic E-state index is 0.187. The molecule has 1 aliphatic carbocycles. The van der Waals surface area contributed by atoms with Crippen LogP contribution < -0.4 is 5.73 Å². The third-order valence-corrected chi connectivity index (χ3v) is 3.53. The fourth-order valence-electron chi connectivity index (χ4n) is 3.01. The zero-order chi connectivity index (χ0) is 10.6. The highest BCUT2D eigenvalue weighted by Gasteiger charge is 2.35. The van der Waals surface area contributed by atoms with Crippen LogP contribution in [0.5, 0.6) is 0 Å². The smallest absolute Gasteiger partial charge is 0.0159 e. The maximum absolute atomic E-state index is 6.42. The molecule has 2 atom stereocenters. The molecule has 0 aromatic carbocycles. The van der Waals surface area contributed by atoms with E-state index in [1.165, 1.54) is 44.9 Å². The van der Waals surface area contributed by atoms with Gasteiger partial charge in [0.1, 0.15) is 0 Å². The average Bonchev–Trinajstić information content (AvgIpc) is 2.42. The Labute approximate surface area is 89.5 Å². The first-order valence-corrected chi connectivity index (χ1v) is 6.34. The highest BCUT2D eigenvalue weighted by Crippen LogP contribution is 2.39. The highest BCUT2D eigenvalue weighted by molar-refractivity contribution is 4.93. The topological polar surface area (TPSA) is 26.0 Å². The van der Waals surface area contributed by atoms with E-state index in [0.29, 0.717) is 0 Å². The van der Waals surface area contributed by atoms with Crippen LogP contribution in [0.15, 0.2) is 0 Å². The van der Waals surface area contributed by atoms with Crippen LogP contribution in [0, 0.1) is 11.8 Å². The van der Waals surface area contributed by atoms with Gasteiger partial charge in [-0.2, -0.15) is 0 Å². The molecule has 0 amide bonds. The van der Waals surface area contributed by atoms with E-state index in [0.717, 1.165) is 11.8 Å². The van der Waals surface area contributed by atoms with Crippen molar-refractivity contribution in [3.63, 3.8) is 0 Å². The summed E-state index contributed by atoms with van der Waals surface area (Å²) in [5.74, 6) is 1.68. The van der Waals surface area contributed by atoms with Gasteiger partial charge in [-0.3, -0.25) is 0 Å². The van der Waals surface area contributed by atoms with Crippen molar-refractivity contribution in [1.82, 2.24) is 0 Å². The van der Waals surface area contributed by atoms with Gasteiger partial charge >= 0.3 is 0 Å². The molecular weight excluding hydrogens is 170 g/mol. The second-order valence-corrected chi connectivity index (χ2v) is 5.71. The van der Waals surface area contributed by atoms with Crippen LogP contribution in [0.4, 0.5) is 0 Å². The Morgan fingerprint density at radius 2 is 2.14 bits per heavy atom. The average molecular weight is 197 g/mol. The summed E-state index contributed by atoms with van der Waals surface area (Å²) < 4.78 is 0. The Morgan fingerprint density at radius 3 is 2.71 bits per heavy atom. The molecule has 0 aromatic rings. The molecule has 1 aliphatic rings. The van der Waals surface area contributed by atoms with Gasteiger partial charge in [0.05, 0.1) is 0 Å². The Balaban J connectivity index is 2.31. The molecule has 1 heteroatoms. The second-order valence-electron chi connectivity index (χ2n) is 5.71. The Bertz CT molecular complexity index is 165.